The lowest BCUT2D eigenvalue weighted by molar-refractivity contribution is 0.241. The van der Waals surface area contributed by atoms with Crippen molar-refractivity contribution in [1.82, 2.24) is 4.90 Å². The number of hydrogen-bond acceptors (Lipinski definition) is 1. The van der Waals surface area contributed by atoms with Gasteiger partial charge in [-0.25, -0.2) is 0 Å². The standard InChI is InChI=1S/C17H19N/c1-18(13-14-7-3-2-4-8-14)17-11-15-9-5-6-10-16(15)12-17/h2-10,17H,11-13H2,1H3. The minimum absolute atomic E-state index is 0.655. The van der Waals surface area contributed by atoms with Crippen LogP contribution in [0.4, 0.5) is 0 Å². The topological polar surface area (TPSA) is 3.24 Å². The maximum absolute atomic E-state index is 2.48. The molecule has 0 amide bonds. The molecule has 18 heavy (non-hydrogen) atoms. The van der Waals surface area contributed by atoms with Gasteiger partial charge < -0.3 is 0 Å². The van der Waals surface area contributed by atoms with Crippen molar-refractivity contribution in [3.05, 3.63) is 71.3 Å². The van der Waals surface area contributed by atoms with Crippen molar-refractivity contribution in [2.24, 2.45) is 0 Å². The Morgan fingerprint density at radius 3 is 2.06 bits per heavy atom. The van der Waals surface area contributed by atoms with Crippen molar-refractivity contribution < 1.29 is 0 Å². The van der Waals surface area contributed by atoms with Gasteiger partial charge in [0.1, 0.15) is 0 Å². The van der Waals surface area contributed by atoms with E-state index in [0.29, 0.717) is 6.04 Å². The Balaban J connectivity index is 1.67. The molecule has 2 aromatic rings. The van der Waals surface area contributed by atoms with Crippen LogP contribution in [0.5, 0.6) is 0 Å². The molecule has 0 heterocycles. The quantitative estimate of drug-likeness (QED) is 0.792. The third kappa shape index (κ3) is 2.32. The van der Waals surface area contributed by atoms with Crippen LogP contribution < -0.4 is 0 Å². The van der Waals surface area contributed by atoms with Gasteiger partial charge in [0.25, 0.3) is 0 Å². The highest BCUT2D eigenvalue weighted by atomic mass is 15.1. The molecule has 0 aliphatic heterocycles. The fourth-order valence-corrected chi connectivity index (χ4v) is 2.85. The van der Waals surface area contributed by atoms with Crippen LogP contribution in [0.15, 0.2) is 54.6 Å². The van der Waals surface area contributed by atoms with Gasteiger partial charge in [0.05, 0.1) is 0 Å². The highest BCUT2D eigenvalue weighted by Crippen LogP contribution is 2.25. The van der Waals surface area contributed by atoms with Gasteiger partial charge >= 0.3 is 0 Å². The Hall–Kier alpha value is -1.60. The molecular weight excluding hydrogens is 218 g/mol. The normalized spacial score (nSPS) is 15.0. The molecule has 92 valence electrons. The first-order valence-corrected chi connectivity index (χ1v) is 6.64. The lowest BCUT2D eigenvalue weighted by Crippen LogP contribution is -2.31. The molecule has 0 atom stereocenters. The summed E-state index contributed by atoms with van der Waals surface area (Å²) in [6.45, 7) is 1.04. The minimum Gasteiger partial charge on any atom is -0.299 e. The Labute approximate surface area is 109 Å². The fourth-order valence-electron chi connectivity index (χ4n) is 2.85. The SMILES string of the molecule is CN(Cc1ccccc1)C1Cc2ccccc2C1. The molecule has 2 aromatic carbocycles. The van der Waals surface area contributed by atoms with E-state index in [0.717, 1.165) is 6.54 Å². The Kier molecular flexibility index (Phi) is 3.16. The maximum Gasteiger partial charge on any atom is 0.0233 e. The van der Waals surface area contributed by atoms with Crippen LogP contribution in [-0.2, 0) is 19.4 Å². The van der Waals surface area contributed by atoms with Gasteiger partial charge in [0.2, 0.25) is 0 Å². The van der Waals surface area contributed by atoms with Gasteiger partial charge in [-0.3, -0.25) is 4.90 Å². The summed E-state index contributed by atoms with van der Waals surface area (Å²) in [5.74, 6) is 0. The number of nitrogens with zero attached hydrogens (tertiary/aromatic N) is 1. The Bertz CT molecular complexity index is 493. The highest BCUT2D eigenvalue weighted by molar-refractivity contribution is 5.33. The third-order valence-corrected chi connectivity index (χ3v) is 3.93. The second-order valence-electron chi connectivity index (χ2n) is 5.23. The van der Waals surface area contributed by atoms with E-state index in [9.17, 15) is 0 Å². The molecule has 1 aliphatic carbocycles. The van der Waals surface area contributed by atoms with Crippen molar-refractivity contribution >= 4 is 0 Å². The van der Waals surface area contributed by atoms with E-state index in [4.69, 9.17) is 0 Å². The van der Waals surface area contributed by atoms with Crippen molar-refractivity contribution in [3.8, 4) is 0 Å². The van der Waals surface area contributed by atoms with Crippen LogP contribution in [0.2, 0.25) is 0 Å². The second kappa shape index (κ2) is 4.95. The zero-order chi connectivity index (χ0) is 12.4. The molecule has 0 radical (unpaired) electrons. The minimum atomic E-state index is 0.655. The van der Waals surface area contributed by atoms with E-state index >= 15 is 0 Å². The molecule has 0 spiro atoms. The summed E-state index contributed by atoms with van der Waals surface area (Å²) in [6.07, 6.45) is 2.39. The summed E-state index contributed by atoms with van der Waals surface area (Å²) in [7, 11) is 2.24. The van der Waals surface area contributed by atoms with E-state index in [-0.39, 0.29) is 0 Å². The molecule has 3 rings (SSSR count). The fraction of sp³-hybridized carbons (Fsp3) is 0.294. The highest BCUT2D eigenvalue weighted by Gasteiger charge is 2.24. The maximum atomic E-state index is 2.48. The van der Waals surface area contributed by atoms with E-state index in [1.807, 2.05) is 0 Å². The average Bonchev–Trinajstić information content (AvgIpc) is 2.84. The van der Waals surface area contributed by atoms with Crippen LogP contribution in [0.1, 0.15) is 16.7 Å². The van der Waals surface area contributed by atoms with Crippen LogP contribution >= 0.6 is 0 Å². The van der Waals surface area contributed by atoms with Gasteiger partial charge in [-0.1, -0.05) is 54.6 Å². The summed E-state index contributed by atoms with van der Waals surface area (Å²) >= 11 is 0. The lowest BCUT2D eigenvalue weighted by atomic mass is 10.1. The molecule has 0 unspecified atom stereocenters. The van der Waals surface area contributed by atoms with E-state index in [2.05, 4.69) is 66.5 Å². The molecule has 0 bridgehead atoms. The zero-order valence-corrected chi connectivity index (χ0v) is 10.8. The summed E-state index contributed by atoms with van der Waals surface area (Å²) in [6, 6.07) is 20.2. The predicted molar refractivity (Wildman–Crippen MR) is 75.5 cm³/mol. The molecule has 1 heteroatoms. The van der Waals surface area contributed by atoms with Gasteiger partial charge in [-0.2, -0.15) is 0 Å². The molecule has 1 aliphatic rings. The molecule has 0 N–H and O–H groups in total. The Morgan fingerprint density at radius 1 is 0.889 bits per heavy atom. The van der Waals surface area contributed by atoms with E-state index < -0.39 is 0 Å². The number of fused-ring (bicyclic) bond motifs is 1. The van der Waals surface area contributed by atoms with Crippen molar-refractivity contribution in [2.45, 2.75) is 25.4 Å². The van der Waals surface area contributed by atoms with E-state index in [1.54, 1.807) is 0 Å². The molecule has 1 nitrogen and oxygen atoms in total. The van der Waals surface area contributed by atoms with Crippen molar-refractivity contribution in [2.75, 3.05) is 7.05 Å². The van der Waals surface area contributed by atoms with Gasteiger partial charge in [-0.05, 0) is 36.6 Å². The number of hydrogen-bond donors (Lipinski definition) is 0. The molecular formula is C17H19N. The van der Waals surface area contributed by atoms with Crippen LogP contribution in [0.3, 0.4) is 0 Å². The zero-order valence-electron chi connectivity index (χ0n) is 10.8. The molecule has 0 saturated heterocycles. The van der Waals surface area contributed by atoms with Crippen molar-refractivity contribution in [3.63, 3.8) is 0 Å². The first-order chi connectivity index (χ1) is 8.83. The van der Waals surface area contributed by atoms with Gasteiger partial charge in [-0.15, -0.1) is 0 Å². The van der Waals surface area contributed by atoms with Crippen LogP contribution in [0.25, 0.3) is 0 Å². The van der Waals surface area contributed by atoms with Crippen LogP contribution in [0, 0.1) is 0 Å². The number of rotatable bonds is 3. The third-order valence-electron chi connectivity index (χ3n) is 3.93. The molecule has 0 fully saturated rings. The number of benzene rings is 2. The first kappa shape index (κ1) is 11.5. The van der Waals surface area contributed by atoms with Crippen molar-refractivity contribution in [1.29, 1.82) is 0 Å². The summed E-state index contributed by atoms with van der Waals surface area (Å²) in [5.41, 5.74) is 4.46. The Morgan fingerprint density at radius 2 is 1.44 bits per heavy atom. The first-order valence-electron chi connectivity index (χ1n) is 6.64. The average molecular weight is 237 g/mol. The largest absolute Gasteiger partial charge is 0.299 e. The molecule has 0 aromatic heterocycles. The lowest BCUT2D eigenvalue weighted by Gasteiger charge is -2.24. The van der Waals surface area contributed by atoms with Gasteiger partial charge in [0.15, 0.2) is 0 Å². The van der Waals surface area contributed by atoms with E-state index in [1.165, 1.54) is 29.5 Å². The summed E-state index contributed by atoms with van der Waals surface area (Å²) in [5, 5.41) is 0. The monoisotopic (exact) mass is 237 g/mol. The van der Waals surface area contributed by atoms with Crippen LogP contribution in [-0.4, -0.2) is 18.0 Å². The number of likely N-dealkylation sites (N-methyl/N-ethyl adjacent to an activating group) is 1. The van der Waals surface area contributed by atoms with Gasteiger partial charge in [0, 0.05) is 12.6 Å². The molecule has 0 saturated carbocycles. The second-order valence-corrected chi connectivity index (χ2v) is 5.23. The predicted octanol–water partition coefficient (Wildman–Crippen LogP) is 3.29. The summed E-state index contributed by atoms with van der Waals surface area (Å²) < 4.78 is 0. The smallest absolute Gasteiger partial charge is 0.0233 e. The summed E-state index contributed by atoms with van der Waals surface area (Å²) in [4.78, 5) is 2.48.